The minimum absolute atomic E-state index is 0.0296. The third kappa shape index (κ3) is 3.73. The average Bonchev–Trinajstić information content (AvgIpc) is 3.57. The lowest BCUT2D eigenvalue weighted by Gasteiger charge is -2.32. The van der Waals surface area contributed by atoms with Crippen LogP contribution in [0.3, 0.4) is 0 Å². The molecule has 3 heterocycles. The van der Waals surface area contributed by atoms with Crippen molar-refractivity contribution < 1.29 is 46.7 Å². The van der Waals surface area contributed by atoms with Gasteiger partial charge in [0.15, 0.2) is 40.2 Å². The number of carbonyl (C=O) groups is 1. The molecule has 0 aromatic heterocycles. The summed E-state index contributed by atoms with van der Waals surface area (Å²) in [6.07, 6.45) is 0. The molecule has 6 rings (SSSR count). The van der Waals surface area contributed by atoms with E-state index in [1.54, 1.807) is 18.2 Å². The third-order valence-electron chi connectivity index (χ3n) is 6.02. The number of anilines is 1. The van der Waals surface area contributed by atoms with Gasteiger partial charge in [-0.05, 0) is 36.4 Å². The standard InChI is InChI=1S/C25H19NO10S2/c1-31-18-9-15-22(10-19(18)32-2)38(29,30)26(13-3-5-16-20(7-13)35-11-33-16)23(25(27)28)24(15)37-14-4-6-17-21(8-14)36-12-34-17/h3-10H,11-12H2,1-2H3,(H,27,28). The summed E-state index contributed by atoms with van der Waals surface area (Å²) in [5.41, 5.74) is -0.248. The molecule has 11 nitrogen and oxygen atoms in total. The normalized spacial score (nSPS) is 16.3. The molecule has 0 saturated carbocycles. The highest BCUT2D eigenvalue weighted by Crippen LogP contribution is 2.51. The van der Waals surface area contributed by atoms with Crippen molar-refractivity contribution in [2.24, 2.45) is 0 Å². The molecular weight excluding hydrogens is 538 g/mol. The quantitative estimate of drug-likeness (QED) is 0.473. The maximum atomic E-state index is 14.1. The van der Waals surface area contributed by atoms with Crippen molar-refractivity contribution in [1.29, 1.82) is 0 Å². The van der Waals surface area contributed by atoms with Crippen LogP contribution < -0.4 is 32.7 Å². The summed E-state index contributed by atoms with van der Waals surface area (Å²) in [7, 11) is -1.64. The zero-order chi connectivity index (χ0) is 26.6. The van der Waals surface area contributed by atoms with Gasteiger partial charge >= 0.3 is 5.97 Å². The van der Waals surface area contributed by atoms with Gasteiger partial charge in [-0.15, -0.1) is 0 Å². The number of ether oxygens (including phenoxy) is 6. The van der Waals surface area contributed by atoms with E-state index in [1.807, 2.05) is 0 Å². The monoisotopic (exact) mass is 557 g/mol. The van der Waals surface area contributed by atoms with Crippen molar-refractivity contribution in [3.63, 3.8) is 0 Å². The van der Waals surface area contributed by atoms with E-state index in [0.717, 1.165) is 16.1 Å². The van der Waals surface area contributed by atoms with Crippen LogP contribution in [0.15, 0.2) is 64.0 Å². The molecule has 1 N–H and O–H groups in total. The maximum absolute atomic E-state index is 14.1. The Hall–Kier alpha value is -4.23. The summed E-state index contributed by atoms with van der Waals surface area (Å²) >= 11 is 1.07. The van der Waals surface area contributed by atoms with Gasteiger partial charge in [-0.3, -0.25) is 0 Å². The van der Waals surface area contributed by atoms with Gasteiger partial charge in [-0.2, -0.15) is 0 Å². The van der Waals surface area contributed by atoms with Crippen molar-refractivity contribution in [1.82, 2.24) is 0 Å². The van der Waals surface area contributed by atoms with Crippen LogP contribution in [0.5, 0.6) is 34.5 Å². The number of hydrogen-bond donors (Lipinski definition) is 1. The molecule has 3 aromatic rings. The molecule has 13 heteroatoms. The lowest BCUT2D eigenvalue weighted by atomic mass is 10.1. The minimum atomic E-state index is -4.44. The van der Waals surface area contributed by atoms with Crippen molar-refractivity contribution in [3.8, 4) is 34.5 Å². The Morgan fingerprint density at radius 1 is 0.868 bits per heavy atom. The largest absolute Gasteiger partial charge is 0.493 e. The smallest absolute Gasteiger partial charge is 0.354 e. The Labute approximate surface area is 221 Å². The highest BCUT2D eigenvalue weighted by Gasteiger charge is 2.43. The van der Waals surface area contributed by atoms with Gasteiger partial charge in [0.2, 0.25) is 13.6 Å². The lowest BCUT2D eigenvalue weighted by Crippen LogP contribution is -2.37. The van der Waals surface area contributed by atoms with Crippen molar-refractivity contribution >= 4 is 38.3 Å². The number of aliphatic carboxylic acids is 1. The van der Waals surface area contributed by atoms with Crippen LogP contribution in [0.4, 0.5) is 5.69 Å². The van der Waals surface area contributed by atoms with Crippen molar-refractivity contribution in [2.75, 3.05) is 32.1 Å². The molecule has 0 saturated heterocycles. The first-order chi connectivity index (χ1) is 18.3. The van der Waals surface area contributed by atoms with Gasteiger partial charge in [-0.25, -0.2) is 17.5 Å². The van der Waals surface area contributed by atoms with Crippen LogP contribution in [-0.2, 0) is 14.8 Å². The Bertz CT molecular complexity index is 1630. The van der Waals surface area contributed by atoms with E-state index in [-0.39, 0.29) is 46.1 Å². The van der Waals surface area contributed by atoms with Gasteiger partial charge < -0.3 is 33.5 Å². The highest BCUT2D eigenvalue weighted by atomic mass is 32.2. The number of benzene rings is 3. The van der Waals surface area contributed by atoms with E-state index in [4.69, 9.17) is 28.4 Å². The number of carboxylic acids is 1. The first kappa shape index (κ1) is 24.1. The molecular formula is C25H19NO10S2. The second-order valence-electron chi connectivity index (χ2n) is 8.11. The van der Waals surface area contributed by atoms with E-state index in [2.05, 4.69) is 0 Å². The van der Waals surface area contributed by atoms with Crippen LogP contribution in [0.1, 0.15) is 5.56 Å². The molecule has 0 unspecified atom stereocenters. The number of carboxylic acid groups (broad SMARTS) is 1. The van der Waals surface area contributed by atoms with E-state index in [9.17, 15) is 18.3 Å². The third-order valence-corrected chi connectivity index (χ3v) is 8.90. The summed E-state index contributed by atoms with van der Waals surface area (Å²) in [4.78, 5) is 13.4. The molecule has 196 valence electrons. The van der Waals surface area contributed by atoms with Crippen molar-refractivity contribution in [3.05, 3.63) is 59.8 Å². The zero-order valence-corrected chi connectivity index (χ0v) is 21.6. The Morgan fingerprint density at radius 3 is 2.13 bits per heavy atom. The molecule has 3 aromatic carbocycles. The van der Waals surface area contributed by atoms with Crippen LogP contribution in [0.2, 0.25) is 0 Å². The van der Waals surface area contributed by atoms with E-state index in [0.29, 0.717) is 27.9 Å². The molecule has 0 aliphatic carbocycles. The molecule has 0 radical (unpaired) electrons. The highest BCUT2D eigenvalue weighted by molar-refractivity contribution is 8.08. The van der Waals surface area contributed by atoms with Crippen molar-refractivity contribution in [2.45, 2.75) is 9.79 Å². The van der Waals surface area contributed by atoms with Crippen LogP contribution in [-0.4, -0.2) is 47.3 Å². The fraction of sp³-hybridized carbons (Fsp3) is 0.160. The molecule has 0 bridgehead atoms. The Kier molecular flexibility index (Phi) is 5.69. The van der Waals surface area contributed by atoms with Gasteiger partial charge in [0, 0.05) is 22.6 Å². The first-order valence-electron chi connectivity index (χ1n) is 11.1. The second-order valence-corrected chi connectivity index (χ2v) is 10.9. The van der Waals surface area contributed by atoms with Crippen LogP contribution >= 0.6 is 11.8 Å². The summed E-state index contributed by atoms with van der Waals surface area (Å²) in [5, 5.41) is 10.4. The molecule has 0 fully saturated rings. The fourth-order valence-corrected chi connectivity index (χ4v) is 7.22. The topological polar surface area (TPSA) is 130 Å². The van der Waals surface area contributed by atoms with Gasteiger partial charge in [0.1, 0.15) is 4.90 Å². The number of thioether (sulfide) groups is 1. The summed E-state index contributed by atoms with van der Waals surface area (Å²) in [6.45, 7) is 0.0424. The summed E-state index contributed by atoms with van der Waals surface area (Å²) < 4.78 is 61.3. The molecule has 0 spiro atoms. The summed E-state index contributed by atoms with van der Waals surface area (Å²) in [6, 6.07) is 12.3. The molecule has 38 heavy (non-hydrogen) atoms. The summed E-state index contributed by atoms with van der Waals surface area (Å²) in [5.74, 6) is 0.738. The lowest BCUT2D eigenvalue weighted by molar-refractivity contribution is -0.132. The van der Waals surface area contributed by atoms with Crippen LogP contribution in [0, 0.1) is 0 Å². The number of hydrogen-bond acceptors (Lipinski definition) is 10. The van der Waals surface area contributed by atoms with E-state index < -0.39 is 21.7 Å². The van der Waals surface area contributed by atoms with Gasteiger partial charge in [0.05, 0.1) is 24.8 Å². The number of fused-ring (bicyclic) bond motifs is 3. The number of rotatable bonds is 6. The fourth-order valence-electron chi connectivity index (χ4n) is 4.31. The number of nitrogens with zero attached hydrogens (tertiary/aromatic N) is 1. The Balaban J connectivity index is 1.61. The number of sulfonamides is 1. The minimum Gasteiger partial charge on any atom is -0.493 e. The predicted molar refractivity (Wildman–Crippen MR) is 135 cm³/mol. The predicted octanol–water partition coefficient (Wildman–Crippen LogP) is 3.92. The molecule has 3 aliphatic heterocycles. The molecule has 0 atom stereocenters. The average molecular weight is 558 g/mol. The Morgan fingerprint density at radius 2 is 1.47 bits per heavy atom. The van der Waals surface area contributed by atoms with Crippen LogP contribution in [0.25, 0.3) is 4.91 Å². The zero-order valence-electron chi connectivity index (χ0n) is 19.9. The SMILES string of the molecule is COc1cc2c(cc1OC)S(=O)(=O)N(c1ccc3c(c1)OCO3)C(C(=O)O)=C2Sc1ccc2c(c1)OCO2. The number of methoxy groups -OCH3 is 2. The molecule has 3 aliphatic rings. The van der Waals surface area contributed by atoms with E-state index >= 15 is 0 Å². The van der Waals surface area contributed by atoms with Gasteiger partial charge in [-0.1, -0.05) is 11.8 Å². The van der Waals surface area contributed by atoms with Gasteiger partial charge in [0.25, 0.3) is 10.0 Å². The second kappa shape index (κ2) is 8.96. The maximum Gasteiger partial charge on any atom is 0.354 e. The molecule has 0 amide bonds. The van der Waals surface area contributed by atoms with E-state index in [1.165, 1.54) is 44.6 Å². The first-order valence-corrected chi connectivity index (χ1v) is 13.3.